The van der Waals surface area contributed by atoms with E-state index in [0.717, 1.165) is 33.6 Å². The summed E-state index contributed by atoms with van der Waals surface area (Å²) in [6.45, 7) is 5.50. The summed E-state index contributed by atoms with van der Waals surface area (Å²) >= 11 is 1.55. The molecule has 0 bridgehead atoms. The summed E-state index contributed by atoms with van der Waals surface area (Å²) in [5.41, 5.74) is 3.71. The number of nitrogens with zero attached hydrogens (tertiary/aromatic N) is 2. The molecule has 0 aliphatic carbocycles. The summed E-state index contributed by atoms with van der Waals surface area (Å²) in [6, 6.07) is 11.7. The van der Waals surface area contributed by atoms with Crippen molar-refractivity contribution in [3.05, 3.63) is 53.1 Å². The first-order valence-corrected chi connectivity index (χ1v) is 9.84. The smallest absolute Gasteiger partial charge is 0.260 e. The van der Waals surface area contributed by atoms with Gasteiger partial charge in [-0.15, -0.1) is 0 Å². The van der Waals surface area contributed by atoms with Crippen LogP contribution in [0.5, 0.6) is 5.75 Å². The lowest BCUT2D eigenvalue weighted by molar-refractivity contribution is -0.856. The van der Waals surface area contributed by atoms with Crippen LogP contribution in [0.3, 0.4) is 0 Å². The van der Waals surface area contributed by atoms with Gasteiger partial charge in [0, 0.05) is 5.56 Å². The van der Waals surface area contributed by atoms with Crippen molar-refractivity contribution in [3.63, 3.8) is 0 Å². The summed E-state index contributed by atoms with van der Waals surface area (Å²) in [4.78, 5) is 21.1. The predicted molar refractivity (Wildman–Crippen MR) is 111 cm³/mol. The molecule has 3 aromatic rings. The first-order valence-electron chi connectivity index (χ1n) is 9.02. The van der Waals surface area contributed by atoms with Crippen molar-refractivity contribution >= 4 is 32.6 Å². The molecule has 5 nitrogen and oxygen atoms in total. The van der Waals surface area contributed by atoms with E-state index in [0.29, 0.717) is 17.2 Å². The zero-order valence-corrected chi connectivity index (χ0v) is 17.3. The average molecular weight is 385 g/mol. The van der Waals surface area contributed by atoms with Crippen molar-refractivity contribution in [2.75, 3.05) is 39.2 Å². The highest BCUT2D eigenvalue weighted by Crippen LogP contribution is 2.36. The van der Waals surface area contributed by atoms with Crippen LogP contribution in [-0.4, -0.2) is 45.2 Å². The van der Waals surface area contributed by atoms with Crippen molar-refractivity contribution in [1.82, 2.24) is 4.98 Å². The second-order valence-electron chi connectivity index (χ2n) is 7.04. The van der Waals surface area contributed by atoms with Gasteiger partial charge in [-0.1, -0.05) is 35.1 Å². The van der Waals surface area contributed by atoms with Crippen LogP contribution < -0.4 is 14.5 Å². The normalized spacial score (nSPS) is 11.2. The zero-order valence-electron chi connectivity index (χ0n) is 16.5. The summed E-state index contributed by atoms with van der Waals surface area (Å²) in [7, 11) is 5.82. The Kier molecular flexibility index (Phi) is 5.77. The molecule has 0 aliphatic rings. The number of ether oxygens (including phenoxy) is 1. The molecule has 1 heterocycles. The van der Waals surface area contributed by atoms with Crippen LogP contribution in [0.1, 0.15) is 21.5 Å². The maximum Gasteiger partial charge on any atom is 0.260 e. The monoisotopic (exact) mass is 384 g/mol. The number of amides is 1. The minimum absolute atomic E-state index is 0.0179. The summed E-state index contributed by atoms with van der Waals surface area (Å²) in [5, 5.41) is 0.713. The van der Waals surface area contributed by atoms with E-state index in [1.54, 1.807) is 23.3 Å². The number of anilines is 1. The Labute approximate surface area is 164 Å². The minimum atomic E-state index is -0.0179. The lowest BCUT2D eigenvalue weighted by Gasteiger charge is -2.21. The van der Waals surface area contributed by atoms with Crippen LogP contribution in [0, 0.1) is 13.8 Å². The molecule has 0 saturated carbocycles. The van der Waals surface area contributed by atoms with Gasteiger partial charge in [-0.2, -0.15) is 0 Å². The van der Waals surface area contributed by atoms with Gasteiger partial charge in [0.1, 0.15) is 11.3 Å². The molecule has 6 heteroatoms. The third-order valence-corrected chi connectivity index (χ3v) is 5.70. The molecule has 0 fully saturated rings. The molecule has 0 unspecified atom stereocenters. The Hall–Kier alpha value is -2.44. The molecule has 1 aromatic heterocycles. The molecule has 27 heavy (non-hydrogen) atoms. The molecule has 3 rings (SSSR count). The Morgan fingerprint density at radius 2 is 2.00 bits per heavy atom. The standard InChI is InChI=1S/C21H25N3O2S/c1-14-7-6-8-16(13-14)20(25)24(12-11-23(3)4)21-22-18-17(26-5)10-9-15(2)19(18)27-21/h6-10,13H,11-12H2,1-5H3/p+1. The number of rotatable bonds is 6. The first kappa shape index (κ1) is 19.3. The van der Waals surface area contributed by atoms with Gasteiger partial charge in [0.15, 0.2) is 5.13 Å². The van der Waals surface area contributed by atoms with Crippen molar-refractivity contribution in [3.8, 4) is 5.75 Å². The highest BCUT2D eigenvalue weighted by molar-refractivity contribution is 7.22. The molecule has 0 saturated heterocycles. The number of fused-ring (bicyclic) bond motifs is 1. The lowest BCUT2D eigenvalue weighted by atomic mass is 10.1. The van der Waals surface area contributed by atoms with Gasteiger partial charge in [-0.25, -0.2) is 4.98 Å². The fourth-order valence-electron chi connectivity index (χ4n) is 2.93. The number of hydrogen-bond acceptors (Lipinski definition) is 4. The molecule has 142 valence electrons. The average Bonchev–Trinajstić information content (AvgIpc) is 3.08. The molecule has 2 aromatic carbocycles. The van der Waals surface area contributed by atoms with Crippen LogP contribution in [0.15, 0.2) is 36.4 Å². The van der Waals surface area contributed by atoms with E-state index in [2.05, 4.69) is 21.0 Å². The molecule has 0 spiro atoms. The number of quaternary nitrogens is 1. The minimum Gasteiger partial charge on any atom is -0.494 e. The van der Waals surface area contributed by atoms with E-state index in [9.17, 15) is 4.79 Å². The number of likely N-dealkylation sites (N-methyl/N-ethyl adjacent to an activating group) is 1. The Morgan fingerprint density at radius 3 is 2.67 bits per heavy atom. The summed E-state index contributed by atoms with van der Waals surface area (Å²) in [6.07, 6.45) is 0. The number of methoxy groups -OCH3 is 1. The van der Waals surface area contributed by atoms with E-state index in [4.69, 9.17) is 9.72 Å². The topological polar surface area (TPSA) is 46.9 Å². The largest absolute Gasteiger partial charge is 0.494 e. The van der Waals surface area contributed by atoms with E-state index >= 15 is 0 Å². The van der Waals surface area contributed by atoms with Crippen LogP contribution in [0.25, 0.3) is 10.2 Å². The van der Waals surface area contributed by atoms with Crippen molar-refractivity contribution in [2.45, 2.75) is 13.8 Å². The van der Waals surface area contributed by atoms with Gasteiger partial charge in [-0.05, 0) is 37.6 Å². The maximum atomic E-state index is 13.3. The number of benzene rings is 2. The number of carbonyl (C=O) groups excluding carboxylic acids is 1. The van der Waals surface area contributed by atoms with Crippen LogP contribution in [0.2, 0.25) is 0 Å². The van der Waals surface area contributed by atoms with Gasteiger partial charge in [-0.3, -0.25) is 9.69 Å². The van der Waals surface area contributed by atoms with Gasteiger partial charge in [0.2, 0.25) is 0 Å². The van der Waals surface area contributed by atoms with Gasteiger partial charge < -0.3 is 9.64 Å². The van der Waals surface area contributed by atoms with E-state index in [-0.39, 0.29) is 5.91 Å². The van der Waals surface area contributed by atoms with Crippen LogP contribution >= 0.6 is 11.3 Å². The number of aryl methyl sites for hydroxylation is 2. The molecule has 1 amide bonds. The number of thiazole rings is 1. The van der Waals surface area contributed by atoms with E-state index in [1.807, 2.05) is 43.3 Å². The predicted octanol–water partition coefficient (Wildman–Crippen LogP) is 2.71. The lowest BCUT2D eigenvalue weighted by Crippen LogP contribution is -3.06. The number of nitrogens with one attached hydrogen (secondary N) is 1. The highest BCUT2D eigenvalue weighted by atomic mass is 32.1. The third-order valence-electron chi connectivity index (χ3n) is 4.49. The fraction of sp³-hybridized carbons (Fsp3) is 0.333. The second-order valence-corrected chi connectivity index (χ2v) is 8.02. The maximum absolute atomic E-state index is 13.3. The van der Waals surface area contributed by atoms with Crippen molar-refractivity contribution < 1.29 is 14.4 Å². The molecular formula is C21H26N3O2S+. The van der Waals surface area contributed by atoms with Crippen molar-refractivity contribution in [1.29, 1.82) is 0 Å². The first-order chi connectivity index (χ1) is 12.9. The van der Waals surface area contributed by atoms with E-state index < -0.39 is 0 Å². The number of carbonyl (C=O) groups is 1. The fourth-order valence-corrected chi connectivity index (χ4v) is 4.01. The Balaban J connectivity index is 2.06. The van der Waals surface area contributed by atoms with Gasteiger partial charge in [0.25, 0.3) is 5.91 Å². The quantitative estimate of drug-likeness (QED) is 0.711. The molecule has 0 atom stereocenters. The van der Waals surface area contributed by atoms with Crippen LogP contribution in [-0.2, 0) is 0 Å². The summed E-state index contributed by atoms with van der Waals surface area (Å²) < 4.78 is 6.53. The van der Waals surface area contributed by atoms with Crippen LogP contribution in [0.4, 0.5) is 5.13 Å². The SMILES string of the molecule is COc1ccc(C)c2sc(N(CC[NH+](C)C)C(=O)c3cccc(C)c3)nc12. The number of hydrogen-bond donors (Lipinski definition) is 1. The molecule has 1 N–H and O–H groups in total. The zero-order chi connectivity index (χ0) is 19.6. The second kappa shape index (κ2) is 8.06. The van der Waals surface area contributed by atoms with Crippen molar-refractivity contribution in [2.24, 2.45) is 0 Å². The molecular weight excluding hydrogens is 358 g/mol. The molecule has 0 radical (unpaired) electrons. The Morgan fingerprint density at radius 1 is 1.22 bits per heavy atom. The molecule has 0 aliphatic heterocycles. The van der Waals surface area contributed by atoms with E-state index in [1.165, 1.54) is 4.90 Å². The summed E-state index contributed by atoms with van der Waals surface area (Å²) in [5.74, 6) is 0.718. The Bertz CT molecular complexity index is 965. The highest BCUT2D eigenvalue weighted by Gasteiger charge is 2.23. The van der Waals surface area contributed by atoms with Gasteiger partial charge in [0.05, 0.1) is 39.0 Å². The number of aromatic nitrogens is 1. The third kappa shape index (κ3) is 4.12. The van der Waals surface area contributed by atoms with Gasteiger partial charge >= 0.3 is 0 Å².